The smallest absolute Gasteiger partial charge is 0.410 e. The zero-order valence-corrected chi connectivity index (χ0v) is 21.7. The number of benzene rings is 2. The van der Waals surface area contributed by atoms with Gasteiger partial charge in [-0.25, -0.2) is 18.2 Å². The number of ether oxygens (including phenoxy) is 1. The molecule has 0 atom stereocenters. The van der Waals surface area contributed by atoms with E-state index in [1.54, 1.807) is 11.0 Å². The molecule has 1 saturated heterocycles. The quantitative estimate of drug-likeness (QED) is 0.567. The van der Waals surface area contributed by atoms with E-state index in [0.717, 1.165) is 27.8 Å². The summed E-state index contributed by atoms with van der Waals surface area (Å²) in [6.07, 6.45) is -0.285. The van der Waals surface area contributed by atoms with Crippen molar-refractivity contribution in [2.45, 2.75) is 50.5 Å². The van der Waals surface area contributed by atoms with Crippen LogP contribution in [0.2, 0.25) is 0 Å². The number of amides is 1. The molecule has 1 amide bonds. The summed E-state index contributed by atoms with van der Waals surface area (Å²) in [6.45, 7) is 12.0. The second-order valence-electron chi connectivity index (χ2n) is 11.1. The lowest BCUT2D eigenvalue weighted by molar-refractivity contribution is 0.0240. The lowest BCUT2D eigenvalue weighted by Crippen LogP contribution is -2.50. The molecule has 35 heavy (non-hydrogen) atoms. The van der Waals surface area contributed by atoms with Crippen molar-refractivity contribution in [3.05, 3.63) is 42.0 Å². The average molecular weight is 497 g/mol. The predicted octanol–water partition coefficient (Wildman–Crippen LogP) is 4.35. The second-order valence-corrected chi connectivity index (χ2v) is 13.0. The highest BCUT2D eigenvalue weighted by molar-refractivity contribution is 7.91. The van der Waals surface area contributed by atoms with Crippen molar-refractivity contribution >= 4 is 32.7 Å². The van der Waals surface area contributed by atoms with Gasteiger partial charge in [0.15, 0.2) is 9.84 Å². The van der Waals surface area contributed by atoms with Crippen molar-refractivity contribution in [2.24, 2.45) is 0 Å². The number of hydrogen-bond donors (Lipinski definition) is 1. The first-order valence-electron chi connectivity index (χ1n) is 11.9. The monoisotopic (exact) mass is 496 g/mol. The number of sulfone groups is 1. The molecule has 3 aromatic rings. The van der Waals surface area contributed by atoms with Crippen LogP contribution in [0.1, 0.15) is 40.2 Å². The molecule has 2 aliphatic rings. The van der Waals surface area contributed by atoms with Crippen LogP contribution in [0.5, 0.6) is 0 Å². The van der Waals surface area contributed by atoms with Crippen molar-refractivity contribution in [1.29, 1.82) is 0 Å². The number of nitrogens with zero attached hydrogens (tertiary/aromatic N) is 3. The highest BCUT2D eigenvalue weighted by Gasteiger charge is 2.40. The van der Waals surface area contributed by atoms with Crippen LogP contribution in [-0.2, 0) is 20.0 Å². The first-order valence-corrected chi connectivity index (χ1v) is 13.6. The van der Waals surface area contributed by atoms with E-state index >= 15 is 0 Å². The number of imidazole rings is 1. The molecule has 2 aliphatic heterocycles. The van der Waals surface area contributed by atoms with Gasteiger partial charge in [-0.15, -0.1) is 0 Å². The third-order valence-corrected chi connectivity index (χ3v) is 8.74. The Kier molecular flexibility index (Phi) is 5.39. The number of aromatic amines is 1. The standard InChI is InChI=1S/C26H32N4O4S/c1-25(2,3)34-24(31)30-13-11-29(12-14-30)20-8-6-7-19-22(20)28-23(27-19)17-9-10-18-21(15-17)35(32,33)16-26(18,4)5/h6-10,15H,11-14,16H2,1-5H3,(H,27,28). The Labute approximate surface area is 206 Å². The second kappa shape index (κ2) is 7.98. The van der Waals surface area contributed by atoms with E-state index in [0.29, 0.717) is 36.9 Å². The number of aromatic nitrogens is 2. The molecule has 3 heterocycles. The summed E-state index contributed by atoms with van der Waals surface area (Å²) in [5.41, 5.74) is 3.41. The Morgan fingerprint density at radius 3 is 2.49 bits per heavy atom. The molecule has 0 radical (unpaired) electrons. The van der Waals surface area contributed by atoms with Crippen LogP contribution in [0.25, 0.3) is 22.4 Å². The Morgan fingerprint density at radius 2 is 1.80 bits per heavy atom. The highest BCUT2D eigenvalue weighted by atomic mass is 32.2. The molecule has 0 saturated carbocycles. The Bertz CT molecular complexity index is 1410. The molecule has 5 rings (SSSR count). The fraction of sp³-hybridized carbons (Fsp3) is 0.462. The molecule has 186 valence electrons. The summed E-state index contributed by atoms with van der Waals surface area (Å²) in [7, 11) is -3.32. The third-order valence-electron chi connectivity index (χ3n) is 6.63. The Hall–Kier alpha value is -3.07. The van der Waals surface area contributed by atoms with Crippen LogP contribution in [0.4, 0.5) is 10.5 Å². The number of fused-ring (bicyclic) bond motifs is 2. The molecule has 0 unspecified atom stereocenters. The molecule has 8 nitrogen and oxygen atoms in total. The van der Waals surface area contributed by atoms with Crippen molar-refractivity contribution in [3.63, 3.8) is 0 Å². The van der Waals surface area contributed by atoms with Crippen molar-refractivity contribution < 1.29 is 17.9 Å². The first-order chi connectivity index (χ1) is 16.3. The van der Waals surface area contributed by atoms with Gasteiger partial charge in [0.2, 0.25) is 0 Å². The maximum atomic E-state index is 12.8. The summed E-state index contributed by atoms with van der Waals surface area (Å²) in [5, 5.41) is 0. The van der Waals surface area contributed by atoms with E-state index in [1.165, 1.54) is 0 Å². The van der Waals surface area contributed by atoms with Crippen LogP contribution in [0.3, 0.4) is 0 Å². The fourth-order valence-electron chi connectivity index (χ4n) is 4.98. The number of nitrogens with one attached hydrogen (secondary N) is 1. The van der Waals surface area contributed by atoms with Gasteiger partial charge in [0, 0.05) is 37.2 Å². The molecule has 2 aromatic carbocycles. The van der Waals surface area contributed by atoms with Gasteiger partial charge in [0.25, 0.3) is 0 Å². The summed E-state index contributed by atoms with van der Waals surface area (Å²) < 4.78 is 31.0. The molecular formula is C26H32N4O4S. The molecule has 0 aliphatic carbocycles. The number of para-hydroxylation sites is 1. The number of rotatable bonds is 2. The average Bonchev–Trinajstić information content (AvgIpc) is 3.28. The van der Waals surface area contributed by atoms with Crippen LogP contribution >= 0.6 is 0 Å². The minimum absolute atomic E-state index is 0.123. The van der Waals surface area contributed by atoms with Crippen LogP contribution < -0.4 is 4.90 Å². The van der Waals surface area contributed by atoms with E-state index in [-0.39, 0.29) is 11.8 Å². The molecule has 1 N–H and O–H groups in total. The number of carbonyl (C=O) groups is 1. The summed E-state index contributed by atoms with van der Waals surface area (Å²) in [4.78, 5) is 25.0. The SMILES string of the molecule is CC(C)(C)OC(=O)N1CCN(c2cccc3[nH]c(-c4ccc5c(c4)S(=O)(=O)CC5(C)C)nc23)CC1. The number of hydrogen-bond acceptors (Lipinski definition) is 6. The van der Waals surface area contributed by atoms with Crippen LogP contribution in [0, 0.1) is 0 Å². The first kappa shape index (κ1) is 23.7. The molecule has 9 heteroatoms. The largest absolute Gasteiger partial charge is 0.444 e. The normalized spacial score (nSPS) is 19.1. The van der Waals surface area contributed by atoms with Gasteiger partial charge in [0.05, 0.1) is 21.9 Å². The van der Waals surface area contributed by atoms with Crippen molar-refractivity contribution in [3.8, 4) is 11.4 Å². The van der Waals surface area contributed by atoms with Crippen molar-refractivity contribution in [1.82, 2.24) is 14.9 Å². The van der Waals surface area contributed by atoms with Gasteiger partial charge >= 0.3 is 6.09 Å². The van der Waals surface area contributed by atoms with Crippen LogP contribution in [0.15, 0.2) is 41.3 Å². The van der Waals surface area contributed by atoms with E-state index in [4.69, 9.17) is 9.72 Å². The third kappa shape index (κ3) is 4.37. The zero-order valence-electron chi connectivity index (χ0n) is 20.9. The number of piperazine rings is 1. The van der Waals surface area contributed by atoms with Gasteiger partial charge in [0.1, 0.15) is 16.9 Å². The van der Waals surface area contributed by atoms with E-state index in [2.05, 4.69) is 9.88 Å². The molecular weight excluding hydrogens is 464 g/mol. The lowest BCUT2D eigenvalue weighted by Gasteiger charge is -2.36. The van der Waals surface area contributed by atoms with E-state index < -0.39 is 20.9 Å². The van der Waals surface area contributed by atoms with Gasteiger partial charge in [-0.05, 0) is 44.5 Å². The van der Waals surface area contributed by atoms with E-state index in [9.17, 15) is 13.2 Å². The number of anilines is 1. The topological polar surface area (TPSA) is 95.6 Å². The summed E-state index contributed by atoms with van der Waals surface area (Å²) in [5.74, 6) is 0.765. The van der Waals surface area contributed by atoms with Gasteiger partial charge in [-0.3, -0.25) is 0 Å². The Morgan fingerprint density at radius 1 is 1.09 bits per heavy atom. The van der Waals surface area contributed by atoms with Gasteiger partial charge < -0.3 is 19.5 Å². The number of carbonyl (C=O) groups excluding carboxylic acids is 1. The molecule has 0 bridgehead atoms. The van der Waals surface area contributed by atoms with E-state index in [1.807, 2.05) is 65.0 Å². The summed E-state index contributed by atoms with van der Waals surface area (Å²) in [6, 6.07) is 11.6. The minimum Gasteiger partial charge on any atom is -0.444 e. The van der Waals surface area contributed by atoms with Crippen LogP contribution in [-0.4, -0.2) is 66.9 Å². The maximum absolute atomic E-state index is 12.8. The maximum Gasteiger partial charge on any atom is 0.410 e. The van der Waals surface area contributed by atoms with Gasteiger partial charge in [-0.1, -0.05) is 32.0 Å². The Balaban J connectivity index is 1.41. The minimum atomic E-state index is -3.32. The summed E-state index contributed by atoms with van der Waals surface area (Å²) >= 11 is 0. The lowest BCUT2D eigenvalue weighted by atomic mass is 9.87. The zero-order chi connectivity index (χ0) is 25.2. The van der Waals surface area contributed by atoms with Gasteiger partial charge in [-0.2, -0.15) is 0 Å². The molecule has 0 spiro atoms. The predicted molar refractivity (Wildman–Crippen MR) is 137 cm³/mol. The fourth-order valence-corrected chi connectivity index (χ4v) is 7.23. The molecule has 1 fully saturated rings. The highest BCUT2D eigenvalue weighted by Crippen LogP contribution is 2.41. The van der Waals surface area contributed by atoms with Crippen molar-refractivity contribution in [2.75, 3.05) is 36.8 Å². The molecule has 1 aromatic heterocycles. The number of H-pyrrole nitrogens is 1.